The van der Waals surface area contributed by atoms with Crippen molar-refractivity contribution in [2.75, 3.05) is 20.6 Å². The van der Waals surface area contributed by atoms with Crippen molar-refractivity contribution in [2.24, 2.45) is 7.05 Å². The van der Waals surface area contributed by atoms with Crippen LogP contribution in [-0.4, -0.2) is 40.6 Å². The lowest BCUT2D eigenvalue weighted by molar-refractivity contribution is -0.121. The van der Waals surface area contributed by atoms with E-state index in [4.69, 9.17) is 0 Å². The molecule has 0 unspecified atom stereocenters. The van der Waals surface area contributed by atoms with Crippen LogP contribution in [0.15, 0.2) is 46.6 Å². The minimum absolute atomic E-state index is 0.0186. The third-order valence-electron chi connectivity index (χ3n) is 4.34. The van der Waals surface area contributed by atoms with Gasteiger partial charge in [0.05, 0.1) is 17.1 Å². The summed E-state index contributed by atoms with van der Waals surface area (Å²) in [5, 5.41) is 4.99. The first-order chi connectivity index (χ1) is 12.0. The van der Waals surface area contributed by atoms with Crippen molar-refractivity contribution in [3.63, 3.8) is 0 Å². The van der Waals surface area contributed by atoms with Gasteiger partial charge in [-0.05, 0) is 37.7 Å². The molecule has 2 aromatic heterocycles. The maximum Gasteiger partial charge on any atom is 0.329 e. The quantitative estimate of drug-likeness (QED) is 0.731. The molecule has 0 aliphatic heterocycles. The molecular formula is C18H22N4O2S. The van der Waals surface area contributed by atoms with Crippen molar-refractivity contribution in [1.82, 2.24) is 19.4 Å². The van der Waals surface area contributed by atoms with E-state index in [-0.39, 0.29) is 24.2 Å². The van der Waals surface area contributed by atoms with Crippen molar-refractivity contribution >= 4 is 28.3 Å². The number of nitrogens with zero attached hydrogens (tertiary/aromatic N) is 3. The standard InChI is InChI=1S/C18H22N4O2S/c1-20(2)15(16-9-6-10-25-16)11-19-17(23)12-22-14-8-5-4-7-13(14)21(3)18(22)24/h4-10,15H,11-12H2,1-3H3,(H,19,23)/t15-/m0/s1. The first-order valence-electron chi connectivity index (χ1n) is 8.10. The fourth-order valence-corrected chi connectivity index (χ4v) is 3.87. The predicted molar refractivity (Wildman–Crippen MR) is 101 cm³/mol. The van der Waals surface area contributed by atoms with Gasteiger partial charge in [-0.1, -0.05) is 18.2 Å². The summed E-state index contributed by atoms with van der Waals surface area (Å²) in [6.07, 6.45) is 0. The van der Waals surface area contributed by atoms with E-state index in [0.717, 1.165) is 11.0 Å². The third-order valence-corrected chi connectivity index (χ3v) is 5.31. The average Bonchev–Trinajstić information content (AvgIpc) is 3.19. The van der Waals surface area contributed by atoms with Crippen molar-refractivity contribution in [1.29, 1.82) is 0 Å². The van der Waals surface area contributed by atoms with Crippen molar-refractivity contribution < 1.29 is 4.79 Å². The van der Waals surface area contributed by atoms with Crippen LogP contribution >= 0.6 is 11.3 Å². The van der Waals surface area contributed by atoms with Crippen LogP contribution in [0, 0.1) is 0 Å². The molecule has 1 amide bonds. The fourth-order valence-electron chi connectivity index (χ4n) is 2.94. The summed E-state index contributed by atoms with van der Waals surface area (Å²) in [6.45, 7) is 0.524. The van der Waals surface area contributed by atoms with E-state index in [1.165, 1.54) is 9.44 Å². The van der Waals surface area contributed by atoms with Crippen LogP contribution in [0.3, 0.4) is 0 Å². The highest BCUT2D eigenvalue weighted by atomic mass is 32.1. The molecule has 0 spiro atoms. The number of aromatic nitrogens is 2. The summed E-state index contributed by atoms with van der Waals surface area (Å²) in [5.74, 6) is -0.165. The molecule has 7 heteroatoms. The monoisotopic (exact) mass is 358 g/mol. The van der Waals surface area contributed by atoms with Gasteiger partial charge in [-0.15, -0.1) is 11.3 Å². The lowest BCUT2D eigenvalue weighted by Gasteiger charge is -2.23. The lowest BCUT2D eigenvalue weighted by Crippen LogP contribution is -2.37. The molecule has 6 nitrogen and oxygen atoms in total. The number of carbonyl (C=O) groups is 1. The van der Waals surface area contributed by atoms with Crippen molar-refractivity contribution in [3.8, 4) is 0 Å². The van der Waals surface area contributed by atoms with E-state index in [1.807, 2.05) is 49.8 Å². The second kappa shape index (κ2) is 7.25. The minimum Gasteiger partial charge on any atom is -0.353 e. The van der Waals surface area contributed by atoms with Crippen LogP contribution in [0.25, 0.3) is 11.0 Å². The van der Waals surface area contributed by atoms with Gasteiger partial charge in [-0.2, -0.15) is 0 Å². The minimum atomic E-state index is -0.182. The molecule has 3 aromatic rings. The van der Waals surface area contributed by atoms with Crippen LogP contribution in [-0.2, 0) is 18.4 Å². The fraction of sp³-hybridized carbons (Fsp3) is 0.333. The van der Waals surface area contributed by atoms with Crippen LogP contribution in [0.2, 0.25) is 0 Å². The summed E-state index contributed by atoms with van der Waals surface area (Å²) in [5.41, 5.74) is 1.41. The van der Waals surface area contributed by atoms with Gasteiger partial charge < -0.3 is 10.2 Å². The van der Waals surface area contributed by atoms with Crippen LogP contribution in [0.5, 0.6) is 0 Å². The Bertz CT molecular complexity index is 924. The van der Waals surface area contributed by atoms with E-state index in [9.17, 15) is 9.59 Å². The predicted octanol–water partition coefficient (Wildman–Crippen LogP) is 1.82. The Morgan fingerprint density at radius 2 is 1.92 bits per heavy atom. The Balaban J connectivity index is 1.73. The summed E-state index contributed by atoms with van der Waals surface area (Å²) in [4.78, 5) is 28.1. The molecule has 1 N–H and O–H groups in total. The number of carbonyl (C=O) groups excluding carboxylic acids is 1. The second-order valence-electron chi connectivity index (χ2n) is 6.22. The number of rotatable bonds is 6. The van der Waals surface area contributed by atoms with Gasteiger partial charge in [0.25, 0.3) is 0 Å². The number of thiophene rings is 1. The molecule has 25 heavy (non-hydrogen) atoms. The molecule has 0 saturated heterocycles. The zero-order valence-electron chi connectivity index (χ0n) is 14.6. The number of hydrogen-bond acceptors (Lipinski definition) is 4. The Kier molecular flexibility index (Phi) is 5.06. The second-order valence-corrected chi connectivity index (χ2v) is 7.19. The van der Waals surface area contributed by atoms with Crippen LogP contribution in [0.1, 0.15) is 10.9 Å². The first-order valence-corrected chi connectivity index (χ1v) is 8.97. The number of fused-ring (bicyclic) bond motifs is 1. The molecule has 0 aliphatic carbocycles. The molecule has 2 heterocycles. The first kappa shape index (κ1) is 17.4. The highest BCUT2D eigenvalue weighted by molar-refractivity contribution is 7.10. The molecule has 3 rings (SSSR count). The van der Waals surface area contributed by atoms with Gasteiger partial charge in [0.15, 0.2) is 0 Å². The van der Waals surface area contributed by atoms with Crippen LogP contribution in [0.4, 0.5) is 0 Å². The number of benzene rings is 1. The third kappa shape index (κ3) is 3.52. The maximum atomic E-state index is 12.4. The largest absolute Gasteiger partial charge is 0.353 e. The number of aryl methyl sites for hydroxylation is 1. The summed E-state index contributed by atoms with van der Waals surface area (Å²) in [7, 11) is 5.70. The smallest absolute Gasteiger partial charge is 0.329 e. The highest BCUT2D eigenvalue weighted by Crippen LogP contribution is 2.22. The number of amides is 1. The summed E-state index contributed by atoms with van der Waals surface area (Å²) >= 11 is 1.67. The van der Waals surface area contributed by atoms with Crippen molar-refractivity contribution in [3.05, 3.63) is 57.1 Å². The van der Waals surface area contributed by atoms with E-state index < -0.39 is 0 Å². The SMILES string of the molecule is CN(C)[C@@H](CNC(=O)Cn1c(=O)n(C)c2ccccc21)c1cccs1. The van der Waals surface area contributed by atoms with E-state index in [1.54, 1.807) is 23.0 Å². The average molecular weight is 358 g/mol. The zero-order valence-corrected chi connectivity index (χ0v) is 15.4. The zero-order chi connectivity index (χ0) is 18.0. The Morgan fingerprint density at radius 3 is 2.56 bits per heavy atom. The van der Waals surface area contributed by atoms with Gasteiger partial charge in [0, 0.05) is 18.5 Å². The van der Waals surface area contributed by atoms with E-state index >= 15 is 0 Å². The topological polar surface area (TPSA) is 59.3 Å². The number of para-hydroxylation sites is 2. The number of likely N-dealkylation sites (N-methyl/N-ethyl adjacent to an activating group) is 1. The normalized spacial score (nSPS) is 12.6. The van der Waals surface area contributed by atoms with Crippen LogP contribution < -0.4 is 11.0 Å². The van der Waals surface area contributed by atoms with Crippen molar-refractivity contribution in [2.45, 2.75) is 12.6 Å². The molecular weight excluding hydrogens is 336 g/mol. The number of nitrogens with one attached hydrogen (secondary N) is 1. The molecule has 132 valence electrons. The number of imidazole rings is 1. The Morgan fingerprint density at radius 1 is 1.20 bits per heavy atom. The molecule has 0 radical (unpaired) electrons. The molecule has 0 saturated carbocycles. The molecule has 0 bridgehead atoms. The molecule has 1 atom stereocenters. The Labute approximate surface area is 150 Å². The van der Waals surface area contributed by atoms with Gasteiger partial charge >= 0.3 is 5.69 Å². The summed E-state index contributed by atoms with van der Waals surface area (Å²) in [6, 6.07) is 11.7. The van der Waals surface area contributed by atoms with E-state index in [2.05, 4.69) is 16.3 Å². The van der Waals surface area contributed by atoms with Gasteiger partial charge in [0.1, 0.15) is 6.54 Å². The molecule has 0 aliphatic rings. The van der Waals surface area contributed by atoms with Gasteiger partial charge in [-0.3, -0.25) is 13.9 Å². The van der Waals surface area contributed by atoms with E-state index in [0.29, 0.717) is 6.54 Å². The molecule has 1 aromatic carbocycles. The lowest BCUT2D eigenvalue weighted by atomic mass is 10.2. The maximum absolute atomic E-state index is 12.4. The number of hydrogen-bond donors (Lipinski definition) is 1. The van der Waals surface area contributed by atoms with Gasteiger partial charge in [-0.25, -0.2) is 4.79 Å². The highest BCUT2D eigenvalue weighted by Gasteiger charge is 2.18. The Hall–Kier alpha value is -2.38. The van der Waals surface area contributed by atoms with Gasteiger partial charge in [0.2, 0.25) is 5.91 Å². The summed E-state index contributed by atoms with van der Waals surface area (Å²) < 4.78 is 3.08. The molecule has 0 fully saturated rings.